The van der Waals surface area contributed by atoms with Crippen LogP contribution in [0.2, 0.25) is 0 Å². The molecule has 0 spiro atoms. The summed E-state index contributed by atoms with van der Waals surface area (Å²) in [4.78, 5) is 0. The van der Waals surface area contributed by atoms with E-state index in [1.165, 1.54) is 6.07 Å². The highest BCUT2D eigenvalue weighted by molar-refractivity contribution is 7.11. The van der Waals surface area contributed by atoms with E-state index >= 15 is 0 Å². The van der Waals surface area contributed by atoms with Crippen molar-refractivity contribution >= 4 is 11.3 Å². The molecule has 0 fully saturated rings. The van der Waals surface area contributed by atoms with Crippen molar-refractivity contribution in [1.29, 1.82) is 0 Å². The van der Waals surface area contributed by atoms with Gasteiger partial charge in [-0.2, -0.15) is 0 Å². The van der Waals surface area contributed by atoms with Crippen molar-refractivity contribution in [1.82, 2.24) is 15.5 Å². The Morgan fingerprint density at radius 3 is 2.85 bits per heavy atom. The maximum atomic E-state index is 13.2. The van der Waals surface area contributed by atoms with E-state index in [0.29, 0.717) is 6.42 Å². The summed E-state index contributed by atoms with van der Waals surface area (Å²) in [5, 5.41) is 13.9. The van der Waals surface area contributed by atoms with Gasteiger partial charge in [-0.1, -0.05) is 37.3 Å². The summed E-state index contributed by atoms with van der Waals surface area (Å²) in [5.41, 5.74) is 0.933. The number of hydrogen-bond donors (Lipinski definition) is 1. The Hall–Kier alpha value is -1.33. The van der Waals surface area contributed by atoms with Crippen LogP contribution in [0.1, 0.15) is 48.3 Å². The molecule has 0 aliphatic rings. The van der Waals surface area contributed by atoms with Crippen molar-refractivity contribution in [3.8, 4) is 0 Å². The predicted molar refractivity (Wildman–Crippen MR) is 80.4 cm³/mol. The van der Waals surface area contributed by atoms with Crippen LogP contribution in [-0.2, 0) is 6.42 Å². The van der Waals surface area contributed by atoms with Crippen molar-refractivity contribution in [3.63, 3.8) is 0 Å². The van der Waals surface area contributed by atoms with Gasteiger partial charge in [-0.05, 0) is 37.1 Å². The van der Waals surface area contributed by atoms with E-state index in [9.17, 15) is 4.39 Å². The monoisotopic (exact) mass is 293 g/mol. The van der Waals surface area contributed by atoms with Gasteiger partial charge in [0.2, 0.25) is 0 Å². The molecule has 1 heterocycles. The lowest BCUT2D eigenvalue weighted by Crippen LogP contribution is -2.21. The first-order valence-electron chi connectivity index (χ1n) is 7.03. The van der Waals surface area contributed by atoms with Gasteiger partial charge in [-0.15, -0.1) is 10.2 Å². The summed E-state index contributed by atoms with van der Waals surface area (Å²) < 4.78 is 13.2. The van der Waals surface area contributed by atoms with Crippen LogP contribution in [0.5, 0.6) is 0 Å². The average Bonchev–Trinajstić information content (AvgIpc) is 2.88. The number of aromatic nitrogens is 2. The summed E-state index contributed by atoms with van der Waals surface area (Å²) >= 11 is 1.61. The van der Waals surface area contributed by atoms with Crippen LogP contribution >= 0.6 is 11.3 Å². The van der Waals surface area contributed by atoms with Gasteiger partial charge in [0, 0.05) is 6.42 Å². The minimum Gasteiger partial charge on any atom is -0.308 e. The second-order valence-electron chi connectivity index (χ2n) is 4.76. The molecule has 2 aromatic rings. The third-order valence-electron chi connectivity index (χ3n) is 3.07. The van der Waals surface area contributed by atoms with Gasteiger partial charge in [-0.3, -0.25) is 0 Å². The number of halogens is 1. The van der Waals surface area contributed by atoms with E-state index < -0.39 is 0 Å². The minimum absolute atomic E-state index is 0.205. The molecule has 3 nitrogen and oxygen atoms in total. The molecule has 0 aliphatic carbocycles. The Bertz CT molecular complexity index is 541. The number of benzene rings is 1. The fourth-order valence-corrected chi connectivity index (χ4v) is 3.06. The second kappa shape index (κ2) is 7.45. The summed E-state index contributed by atoms with van der Waals surface area (Å²) in [6, 6.07) is 6.92. The van der Waals surface area contributed by atoms with Gasteiger partial charge in [0.15, 0.2) is 0 Å². The minimum atomic E-state index is -0.205. The van der Waals surface area contributed by atoms with E-state index in [-0.39, 0.29) is 11.9 Å². The number of rotatable bonds is 7. The van der Waals surface area contributed by atoms with Crippen molar-refractivity contribution in [2.75, 3.05) is 6.54 Å². The van der Waals surface area contributed by atoms with Crippen molar-refractivity contribution in [2.45, 2.75) is 39.2 Å². The number of nitrogens with zero attached hydrogens (tertiary/aromatic N) is 2. The fraction of sp³-hybridized carbons (Fsp3) is 0.467. The molecule has 0 amide bonds. The van der Waals surface area contributed by atoms with E-state index in [4.69, 9.17) is 0 Å². The Balaban J connectivity index is 2.04. The summed E-state index contributed by atoms with van der Waals surface area (Å²) in [5.74, 6) is -0.205. The lowest BCUT2D eigenvalue weighted by molar-refractivity contribution is 0.513. The van der Waals surface area contributed by atoms with Crippen LogP contribution in [0.4, 0.5) is 4.39 Å². The SMILES string of the molecule is CCCNC(CC)c1nnc(Cc2cccc(F)c2)s1. The highest BCUT2D eigenvalue weighted by Crippen LogP contribution is 2.22. The Kier molecular flexibility index (Phi) is 5.61. The van der Waals surface area contributed by atoms with E-state index in [2.05, 4.69) is 29.4 Å². The Morgan fingerprint density at radius 1 is 1.30 bits per heavy atom. The molecule has 1 atom stereocenters. The Morgan fingerprint density at radius 2 is 2.15 bits per heavy atom. The van der Waals surface area contributed by atoms with E-state index in [1.807, 2.05) is 6.07 Å². The van der Waals surface area contributed by atoms with Crippen LogP contribution < -0.4 is 5.32 Å². The third-order valence-corrected chi connectivity index (χ3v) is 4.11. The predicted octanol–water partition coefficient (Wildman–Crippen LogP) is 3.72. The molecular weight excluding hydrogens is 273 g/mol. The van der Waals surface area contributed by atoms with E-state index in [1.54, 1.807) is 23.5 Å². The molecule has 0 saturated carbocycles. The van der Waals surface area contributed by atoms with Crippen LogP contribution in [0, 0.1) is 5.82 Å². The highest BCUT2D eigenvalue weighted by Gasteiger charge is 2.14. The molecule has 1 unspecified atom stereocenters. The molecule has 0 bridgehead atoms. The molecule has 5 heteroatoms. The molecule has 1 aromatic carbocycles. The topological polar surface area (TPSA) is 37.8 Å². The second-order valence-corrected chi connectivity index (χ2v) is 5.85. The van der Waals surface area contributed by atoms with Crippen LogP contribution in [0.25, 0.3) is 0 Å². The van der Waals surface area contributed by atoms with Gasteiger partial charge in [0.25, 0.3) is 0 Å². The largest absolute Gasteiger partial charge is 0.308 e. The number of nitrogens with one attached hydrogen (secondary N) is 1. The van der Waals surface area contributed by atoms with E-state index in [0.717, 1.165) is 35.0 Å². The lowest BCUT2D eigenvalue weighted by atomic mass is 10.1. The molecule has 0 saturated heterocycles. The molecule has 0 aliphatic heterocycles. The standard InChI is InChI=1S/C15H20FN3S/c1-3-8-17-13(4-2)15-19-18-14(20-15)10-11-6-5-7-12(16)9-11/h5-7,9,13,17H,3-4,8,10H2,1-2H3. The summed E-state index contributed by atoms with van der Waals surface area (Å²) in [6.07, 6.45) is 2.74. The smallest absolute Gasteiger partial charge is 0.134 e. The zero-order valence-electron chi connectivity index (χ0n) is 11.9. The van der Waals surface area contributed by atoms with Gasteiger partial charge in [0.1, 0.15) is 15.8 Å². The lowest BCUT2D eigenvalue weighted by Gasteiger charge is -2.12. The van der Waals surface area contributed by atoms with Crippen molar-refractivity contribution in [3.05, 3.63) is 45.7 Å². The van der Waals surface area contributed by atoms with Crippen LogP contribution in [-0.4, -0.2) is 16.7 Å². The van der Waals surface area contributed by atoms with Crippen molar-refractivity contribution in [2.24, 2.45) is 0 Å². The van der Waals surface area contributed by atoms with Crippen LogP contribution in [0.15, 0.2) is 24.3 Å². The molecule has 0 radical (unpaired) electrons. The quantitative estimate of drug-likeness (QED) is 0.845. The summed E-state index contributed by atoms with van der Waals surface area (Å²) in [7, 11) is 0. The molecular formula is C15H20FN3S. The molecule has 1 N–H and O–H groups in total. The third kappa shape index (κ3) is 4.08. The van der Waals surface area contributed by atoms with Gasteiger partial charge < -0.3 is 5.32 Å². The fourth-order valence-electron chi connectivity index (χ4n) is 2.03. The normalized spacial score (nSPS) is 12.6. The summed E-state index contributed by atoms with van der Waals surface area (Å²) in [6.45, 7) is 5.27. The van der Waals surface area contributed by atoms with Crippen LogP contribution in [0.3, 0.4) is 0 Å². The zero-order valence-corrected chi connectivity index (χ0v) is 12.7. The highest BCUT2D eigenvalue weighted by atomic mass is 32.1. The zero-order chi connectivity index (χ0) is 14.4. The molecule has 2 rings (SSSR count). The first-order valence-corrected chi connectivity index (χ1v) is 7.84. The van der Waals surface area contributed by atoms with Crippen molar-refractivity contribution < 1.29 is 4.39 Å². The maximum absolute atomic E-state index is 13.2. The first-order chi connectivity index (χ1) is 9.72. The molecule has 1 aromatic heterocycles. The Labute approximate surface area is 123 Å². The van der Waals surface area contributed by atoms with Gasteiger partial charge in [0.05, 0.1) is 6.04 Å². The first kappa shape index (κ1) is 15.1. The maximum Gasteiger partial charge on any atom is 0.134 e. The number of hydrogen-bond acceptors (Lipinski definition) is 4. The molecule has 20 heavy (non-hydrogen) atoms. The molecule has 108 valence electrons. The average molecular weight is 293 g/mol. The van der Waals surface area contributed by atoms with Gasteiger partial charge >= 0.3 is 0 Å². The van der Waals surface area contributed by atoms with Gasteiger partial charge in [-0.25, -0.2) is 4.39 Å².